The van der Waals surface area contributed by atoms with Gasteiger partial charge in [-0.15, -0.1) is 0 Å². The molecule has 0 aliphatic carbocycles. The average molecular weight is 299 g/mol. The van der Waals surface area contributed by atoms with Crippen LogP contribution in [-0.4, -0.2) is 27.9 Å². The van der Waals surface area contributed by atoms with Crippen molar-refractivity contribution in [2.24, 2.45) is 11.7 Å². The first kappa shape index (κ1) is 16.6. The molecule has 0 saturated heterocycles. The van der Waals surface area contributed by atoms with E-state index in [-0.39, 0.29) is 23.3 Å². The number of nitrogens with two attached hydrogens (primary N) is 1. The SMILES string of the molecule is CCC(CN)C(=O)Nc1ccc(C)c(S(=O)(=O)NC)c1. The molecule has 1 amide bonds. The van der Waals surface area contributed by atoms with Crippen molar-refractivity contribution >= 4 is 21.6 Å². The molecule has 0 aliphatic rings. The van der Waals surface area contributed by atoms with Crippen LogP contribution < -0.4 is 15.8 Å². The topological polar surface area (TPSA) is 101 Å². The fraction of sp³-hybridized carbons (Fsp3) is 0.462. The zero-order chi connectivity index (χ0) is 15.3. The van der Waals surface area contributed by atoms with Crippen LogP contribution in [0.5, 0.6) is 0 Å². The van der Waals surface area contributed by atoms with Gasteiger partial charge in [-0.1, -0.05) is 13.0 Å². The number of benzene rings is 1. The summed E-state index contributed by atoms with van der Waals surface area (Å²) in [6.45, 7) is 3.84. The smallest absolute Gasteiger partial charge is 0.240 e. The monoisotopic (exact) mass is 299 g/mol. The van der Waals surface area contributed by atoms with Gasteiger partial charge in [0.1, 0.15) is 0 Å². The van der Waals surface area contributed by atoms with E-state index in [0.717, 1.165) is 0 Å². The maximum absolute atomic E-state index is 11.9. The van der Waals surface area contributed by atoms with Gasteiger partial charge in [0.15, 0.2) is 0 Å². The van der Waals surface area contributed by atoms with Crippen molar-refractivity contribution in [3.63, 3.8) is 0 Å². The van der Waals surface area contributed by atoms with E-state index in [0.29, 0.717) is 17.7 Å². The summed E-state index contributed by atoms with van der Waals surface area (Å²) < 4.78 is 26.0. The Balaban J connectivity index is 3.05. The van der Waals surface area contributed by atoms with Gasteiger partial charge in [0.25, 0.3) is 0 Å². The molecule has 0 aliphatic heterocycles. The normalized spacial score (nSPS) is 13.0. The van der Waals surface area contributed by atoms with E-state index in [1.54, 1.807) is 19.1 Å². The van der Waals surface area contributed by atoms with Crippen molar-refractivity contribution in [1.82, 2.24) is 4.72 Å². The summed E-state index contributed by atoms with van der Waals surface area (Å²) in [5.74, 6) is -0.479. The minimum atomic E-state index is -3.54. The Morgan fingerprint density at radius 2 is 2.05 bits per heavy atom. The Bertz CT molecular complexity index is 581. The molecule has 112 valence electrons. The molecular weight excluding hydrogens is 278 g/mol. The maximum atomic E-state index is 11.9. The number of amides is 1. The predicted octanol–water partition coefficient (Wildman–Crippen LogP) is 0.827. The molecule has 0 saturated carbocycles. The van der Waals surface area contributed by atoms with Crippen molar-refractivity contribution in [3.8, 4) is 0 Å². The molecule has 1 aromatic carbocycles. The van der Waals surface area contributed by atoms with Gasteiger partial charge in [-0.25, -0.2) is 13.1 Å². The van der Waals surface area contributed by atoms with Crippen molar-refractivity contribution in [2.75, 3.05) is 18.9 Å². The second-order valence-corrected chi connectivity index (χ2v) is 6.37. The van der Waals surface area contributed by atoms with Crippen LogP contribution in [0.15, 0.2) is 23.1 Å². The van der Waals surface area contributed by atoms with Crippen molar-refractivity contribution < 1.29 is 13.2 Å². The van der Waals surface area contributed by atoms with Gasteiger partial charge < -0.3 is 11.1 Å². The minimum absolute atomic E-state index is 0.151. The van der Waals surface area contributed by atoms with E-state index in [9.17, 15) is 13.2 Å². The molecule has 0 spiro atoms. The molecule has 0 fully saturated rings. The standard InChI is InChI=1S/C13H21N3O3S/c1-4-10(8-14)13(17)16-11-6-5-9(2)12(7-11)20(18,19)15-3/h5-7,10,15H,4,8,14H2,1-3H3,(H,16,17). The highest BCUT2D eigenvalue weighted by Gasteiger charge is 2.18. The van der Waals surface area contributed by atoms with E-state index in [1.807, 2.05) is 6.92 Å². The highest BCUT2D eigenvalue weighted by molar-refractivity contribution is 7.89. The molecule has 0 heterocycles. The molecule has 0 bridgehead atoms. The van der Waals surface area contributed by atoms with Gasteiger partial charge in [0.05, 0.1) is 10.8 Å². The van der Waals surface area contributed by atoms with Crippen molar-refractivity contribution in [2.45, 2.75) is 25.2 Å². The number of rotatable bonds is 6. The summed E-state index contributed by atoms with van der Waals surface area (Å²) in [7, 11) is -2.20. The van der Waals surface area contributed by atoms with Gasteiger partial charge in [0.2, 0.25) is 15.9 Å². The summed E-state index contributed by atoms with van der Waals surface area (Å²) in [5.41, 5.74) is 6.58. The van der Waals surface area contributed by atoms with Crippen LogP contribution in [0.25, 0.3) is 0 Å². The third kappa shape index (κ3) is 3.78. The third-order valence-corrected chi connectivity index (χ3v) is 4.72. The Morgan fingerprint density at radius 3 is 2.55 bits per heavy atom. The van der Waals surface area contributed by atoms with Crippen LogP contribution in [-0.2, 0) is 14.8 Å². The summed E-state index contributed by atoms with van der Waals surface area (Å²) >= 11 is 0. The highest BCUT2D eigenvalue weighted by Crippen LogP contribution is 2.20. The molecule has 6 nitrogen and oxygen atoms in total. The quantitative estimate of drug-likeness (QED) is 0.724. The van der Waals surface area contributed by atoms with Crippen molar-refractivity contribution in [1.29, 1.82) is 0 Å². The van der Waals surface area contributed by atoms with Crippen LogP contribution in [0.3, 0.4) is 0 Å². The molecule has 0 radical (unpaired) electrons. The van der Waals surface area contributed by atoms with E-state index in [2.05, 4.69) is 10.0 Å². The fourth-order valence-electron chi connectivity index (χ4n) is 1.78. The lowest BCUT2D eigenvalue weighted by molar-refractivity contribution is -0.119. The van der Waals surface area contributed by atoms with Gasteiger partial charge in [-0.2, -0.15) is 0 Å². The Labute approximate surface area is 119 Å². The van der Waals surface area contributed by atoms with Crippen LogP contribution in [0, 0.1) is 12.8 Å². The van der Waals surface area contributed by atoms with Crippen molar-refractivity contribution in [3.05, 3.63) is 23.8 Å². The van der Waals surface area contributed by atoms with Gasteiger partial charge in [-0.05, 0) is 38.1 Å². The number of nitrogens with one attached hydrogen (secondary N) is 2. The summed E-state index contributed by atoms with van der Waals surface area (Å²) in [6.07, 6.45) is 0.635. The number of hydrogen-bond donors (Lipinski definition) is 3. The van der Waals surface area contributed by atoms with Gasteiger partial charge in [-0.3, -0.25) is 4.79 Å². The Kier molecular flexibility index (Phi) is 5.67. The molecule has 4 N–H and O–H groups in total. The van der Waals surface area contributed by atoms with Crippen LogP contribution in [0.4, 0.5) is 5.69 Å². The first-order valence-corrected chi connectivity index (χ1v) is 7.89. The van der Waals surface area contributed by atoms with E-state index in [1.165, 1.54) is 13.1 Å². The van der Waals surface area contributed by atoms with E-state index < -0.39 is 10.0 Å². The lowest BCUT2D eigenvalue weighted by atomic mass is 10.1. The largest absolute Gasteiger partial charge is 0.330 e. The third-order valence-electron chi connectivity index (χ3n) is 3.16. The molecule has 1 rings (SSSR count). The van der Waals surface area contributed by atoms with E-state index >= 15 is 0 Å². The summed E-state index contributed by atoms with van der Waals surface area (Å²) in [5, 5.41) is 2.70. The zero-order valence-corrected chi connectivity index (χ0v) is 12.8. The zero-order valence-electron chi connectivity index (χ0n) is 11.9. The summed E-state index contributed by atoms with van der Waals surface area (Å²) in [6, 6.07) is 4.77. The molecular formula is C13H21N3O3S. The van der Waals surface area contributed by atoms with Crippen LogP contribution in [0.2, 0.25) is 0 Å². The van der Waals surface area contributed by atoms with Gasteiger partial charge in [0, 0.05) is 12.2 Å². The molecule has 1 aromatic rings. The molecule has 7 heteroatoms. The Hall–Kier alpha value is -1.44. The lowest BCUT2D eigenvalue weighted by Crippen LogP contribution is -2.28. The number of hydrogen-bond acceptors (Lipinski definition) is 4. The number of anilines is 1. The number of carbonyl (C=O) groups is 1. The molecule has 1 atom stereocenters. The highest BCUT2D eigenvalue weighted by atomic mass is 32.2. The first-order chi connectivity index (χ1) is 9.35. The number of aryl methyl sites for hydroxylation is 1. The summed E-state index contributed by atoms with van der Waals surface area (Å²) in [4.78, 5) is 12.1. The average Bonchev–Trinajstić information content (AvgIpc) is 2.42. The number of sulfonamides is 1. The predicted molar refractivity (Wildman–Crippen MR) is 78.9 cm³/mol. The minimum Gasteiger partial charge on any atom is -0.330 e. The molecule has 1 unspecified atom stereocenters. The fourth-order valence-corrected chi connectivity index (χ4v) is 2.77. The maximum Gasteiger partial charge on any atom is 0.240 e. The first-order valence-electron chi connectivity index (χ1n) is 6.40. The van der Waals surface area contributed by atoms with Gasteiger partial charge >= 0.3 is 0 Å². The van der Waals surface area contributed by atoms with Crippen LogP contribution >= 0.6 is 0 Å². The lowest BCUT2D eigenvalue weighted by Gasteiger charge is -2.14. The second-order valence-electron chi connectivity index (χ2n) is 4.52. The second kappa shape index (κ2) is 6.83. The molecule has 0 aromatic heterocycles. The van der Waals surface area contributed by atoms with E-state index in [4.69, 9.17) is 5.73 Å². The van der Waals surface area contributed by atoms with Crippen LogP contribution in [0.1, 0.15) is 18.9 Å². The number of carbonyl (C=O) groups excluding carboxylic acids is 1. The Morgan fingerprint density at radius 1 is 1.40 bits per heavy atom. The molecule has 20 heavy (non-hydrogen) atoms.